The molecule has 140 valence electrons. The number of furan rings is 1. The van der Waals surface area contributed by atoms with Gasteiger partial charge in [0.1, 0.15) is 11.5 Å². The minimum atomic E-state index is -0.928. The van der Waals surface area contributed by atoms with Crippen molar-refractivity contribution in [1.29, 1.82) is 0 Å². The van der Waals surface area contributed by atoms with E-state index in [4.69, 9.17) is 9.52 Å². The standard InChI is InChI=1S/C22H22O5/c1-11-15(8-9-16(23)24)27-21-13-6-7-14-12(5-4-10-22(14,2)3)18(13)20(26)19(25)17(11)21/h6-7H,4-5,8-10H2,1-3H3,(H,23,24). The molecule has 0 atom stereocenters. The molecule has 1 heterocycles. The molecule has 2 aliphatic rings. The van der Waals surface area contributed by atoms with Crippen molar-refractivity contribution in [3.63, 3.8) is 0 Å². The highest BCUT2D eigenvalue weighted by atomic mass is 16.4. The zero-order valence-electron chi connectivity index (χ0n) is 15.8. The zero-order valence-corrected chi connectivity index (χ0v) is 15.8. The molecule has 1 aromatic heterocycles. The van der Waals surface area contributed by atoms with E-state index in [1.54, 1.807) is 6.92 Å². The van der Waals surface area contributed by atoms with Gasteiger partial charge in [0.15, 0.2) is 0 Å². The van der Waals surface area contributed by atoms with E-state index in [-0.39, 0.29) is 18.3 Å². The molecule has 0 saturated heterocycles. The first-order valence-electron chi connectivity index (χ1n) is 9.32. The normalized spacial score (nSPS) is 17.3. The van der Waals surface area contributed by atoms with Crippen molar-refractivity contribution in [2.24, 2.45) is 0 Å². The molecule has 0 aliphatic heterocycles. The summed E-state index contributed by atoms with van der Waals surface area (Å²) in [7, 11) is 0. The summed E-state index contributed by atoms with van der Waals surface area (Å²) in [5.74, 6) is -1.06. The smallest absolute Gasteiger partial charge is 0.303 e. The number of carbonyl (C=O) groups excluding carboxylic acids is 2. The van der Waals surface area contributed by atoms with Crippen LogP contribution in [0.15, 0.2) is 16.5 Å². The first kappa shape index (κ1) is 17.7. The lowest BCUT2D eigenvalue weighted by Gasteiger charge is -2.34. The van der Waals surface area contributed by atoms with Gasteiger partial charge in [0.05, 0.1) is 12.0 Å². The molecule has 0 saturated carbocycles. The Bertz CT molecular complexity index is 1010. The first-order chi connectivity index (χ1) is 12.7. The Morgan fingerprint density at radius 2 is 1.89 bits per heavy atom. The number of carbonyl (C=O) groups is 3. The van der Waals surface area contributed by atoms with Gasteiger partial charge in [0.2, 0.25) is 11.6 Å². The van der Waals surface area contributed by atoms with E-state index in [0.29, 0.717) is 33.8 Å². The van der Waals surface area contributed by atoms with Gasteiger partial charge in [-0.3, -0.25) is 14.4 Å². The van der Waals surface area contributed by atoms with Crippen molar-refractivity contribution in [1.82, 2.24) is 0 Å². The van der Waals surface area contributed by atoms with Crippen LogP contribution in [0.5, 0.6) is 0 Å². The van der Waals surface area contributed by atoms with Gasteiger partial charge in [-0.1, -0.05) is 26.0 Å². The molecular formula is C22H22O5. The fourth-order valence-corrected chi connectivity index (χ4v) is 4.54. The third kappa shape index (κ3) is 2.56. The van der Waals surface area contributed by atoms with E-state index in [2.05, 4.69) is 19.9 Å². The Morgan fingerprint density at radius 3 is 2.59 bits per heavy atom. The van der Waals surface area contributed by atoms with Crippen molar-refractivity contribution < 1.29 is 23.9 Å². The molecule has 1 N–H and O–H groups in total. The SMILES string of the molecule is Cc1c(CCC(=O)O)oc2c1C(=O)C(=O)c1c-2ccc2c1CCCC2(C)C. The molecule has 5 heteroatoms. The number of benzene rings is 1. The van der Waals surface area contributed by atoms with Crippen molar-refractivity contribution >= 4 is 17.5 Å². The Kier molecular flexibility index (Phi) is 3.88. The van der Waals surface area contributed by atoms with Gasteiger partial charge in [-0.2, -0.15) is 0 Å². The molecule has 5 nitrogen and oxygen atoms in total. The summed E-state index contributed by atoms with van der Waals surface area (Å²) in [5, 5.41) is 8.94. The molecule has 0 spiro atoms. The van der Waals surface area contributed by atoms with Gasteiger partial charge in [-0.05, 0) is 42.7 Å². The quantitative estimate of drug-likeness (QED) is 0.820. The molecule has 0 fully saturated rings. The molecule has 27 heavy (non-hydrogen) atoms. The summed E-state index contributed by atoms with van der Waals surface area (Å²) in [6.07, 6.45) is 2.92. The predicted molar refractivity (Wildman–Crippen MR) is 99.5 cm³/mol. The van der Waals surface area contributed by atoms with Crippen LogP contribution in [0, 0.1) is 6.92 Å². The number of hydrogen-bond donors (Lipinski definition) is 1. The highest BCUT2D eigenvalue weighted by Gasteiger charge is 2.40. The summed E-state index contributed by atoms with van der Waals surface area (Å²) in [4.78, 5) is 36.8. The fraction of sp³-hybridized carbons (Fsp3) is 0.409. The molecule has 0 radical (unpaired) electrons. The first-order valence-corrected chi connectivity index (χ1v) is 9.32. The van der Waals surface area contributed by atoms with E-state index < -0.39 is 17.5 Å². The summed E-state index contributed by atoms with van der Waals surface area (Å²) >= 11 is 0. The number of carboxylic acids is 1. The number of hydrogen-bond acceptors (Lipinski definition) is 4. The number of fused-ring (bicyclic) bond motifs is 5. The van der Waals surface area contributed by atoms with Gasteiger partial charge in [-0.15, -0.1) is 0 Å². The number of carboxylic acid groups (broad SMARTS) is 1. The highest BCUT2D eigenvalue weighted by Crippen LogP contribution is 2.45. The summed E-state index contributed by atoms with van der Waals surface area (Å²) in [5.41, 5.74) is 4.08. The topological polar surface area (TPSA) is 84.6 Å². The second-order valence-electron chi connectivity index (χ2n) is 8.16. The Hall–Kier alpha value is -2.69. The average Bonchev–Trinajstić information content (AvgIpc) is 2.93. The second kappa shape index (κ2) is 5.91. The lowest BCUT2D eigenvalue weighted by atomic mass is 9.69. The summed E-state index contributed by atoms with van der Waals surface area (Å²) in [6, 6.07) is 3.93. The monoisotopic (exact) mass is 366 g/mol. The number of aryl methyl sites for hydroxylation is 1. The summed E-state index contributed by atoms with van der Waals surface area (Å²) in [6.45, 7) is 6.05. The van der Waals surface area contributed by atoms with Gasteiger partial charge >= 0.3 is 5.97 Å². The average molecular weight is 366 g/mol. The van der Waals surface area contributed by atoms with Crippen LogP contribution in [-0.2, 0) is 23.1 Å². The molecule has 4 rings (SSSR count). The minimum Gasteiger partial charge on any atom is -0.481 e. The van der Waals surface area contributed by atoms with Crippen molar-refractivity contribution in [2.45, 2.75) is 58.3 Å². The second-order valence-corrected chi connectivity index (χ2v) is 8.16. The maximum absolute atomic E-state index is 13.0. The molecule has 0 bridgehead atoms. The van der Waals surface area contributed by atoms with Crippen LogP contribution in [0.2, 0.25) is 0 Å². The van der Waals surface area contributed by atoms with E-state index in [1.807, 2.05) is 6.07 Å². The Labute approximate surface area is 157 Å². The highest BCUT2D eigenvalue weighted by molar-refractivity contribution is 6.53. The maximum Gasteiger partial charge on any atom is 0.303 e. The van der Waals surface area contributed by atoms with Crippen LogP contribution >= 0.6 is 0 Å². The van der Waals surface area contributed by atoms with Gasteiger partial charge in [0.25, 0.3) is 0 Å². The lowest BCUT2D eigenvalue weighted by molar-refractivity contribution is -0.137. The third-order valence-electron chi connectivity index (χ3n) is 5.99. The summed E-state index contributed by atoms with van der Waals surface area (Å²) < 4.78 is 5.94. The van der Waals surface area contributed by atoms with Crippen LogP contribution in [-0.4, -0.2) is 22.6 Å². The van der Waals surface area contributed by atoms with Crippen molar-refractivity contribution in [3.05, 3.63) is 45.7 Å². The Balaban J connectivity index is 1.93. The van der Waals surface area contributed by atoms with Crippen LogP contribution in [0.25, 0.3) is 11.3 Å². The fourth-order valence-electron chi connectivity index (χ4n) is 4.54. The largest absolute Gasteiger partial charge is 0.481 e. The predicted octanol–water partition coefficient (Wildman–Crippen LogP) is 4.27. The van der Waals surface area contributed by atoms with E-state index >= 15 is 0 Å². The zero-order chi connectivity index (χ0) is 19.5. The third-order valence-corrected chi connectivity index (χ3v) is 5.99. The van der Waals surface area contributed by atoms with Crippen molar-refractivity contribution in [2.75, 3.05) is 0 Å². The van der Waals surface area contributed by atoms with E-state index in [0.717, 1.165) is 30.4 Å². The minimum absolute atomic E-state index is 0.0298. The maximum atomic E-state index is 13.0. The number of Topliss-reactive ketones (excluding diaryl/α,β-unsaturated/α-hetero) is 2. The van der Waals surface area contributed by atoms with E-state index in [1.165, 1.54) is 0 Å². The van der Waals surface area contributed by atoms with Crippen molar-refractivity contribution in [3.8, 4) is 11.3 Å². The number of ketones is 2. The lowest BCUT2D eigenvalue weighted by Crippen LogP contribution is -2.29. The number of rotatable bonds is 3. The van der Waals surface area contributed by atoms with E-state index in [9.17, 15) is 14.4 Å². The molecular weight excluding hydrogens is 344 g/mol. The van der Waals surface area contributed by atoms with Crippen LogP contribution in [0.1, 0.15) is 76.3 Å². The molecule has 0 unspecified atom stereocenters. The Morgan fingerprint density at radius 1 is 1.19 bits per heavy atom. The van der Waals surface area contributed by atoms with Gasteiger partial charge in [-0.25, -0.2) is 0 Å². The van der Waals surface area contributed by atoms with Crippen LogP contribution in [0.4, 0.5) is 0 Å². The molecule has 2 aromatic rings. The van der Waals surface area contributed by atoms with Gasteiger partial charge < -0.3 is 9.52 Å². The van der Waals surface area contributed by atoms with Crippen LogP contribution < -0.4 is 0 Å². The molecule has 1 aromatic carbocycles. The molecule has 0 amide bonds. The van der Waals surface area contributed by atoms with Crippen LogP contribution in [0.3, 0.4) is 0 Å². The number of aliphatic carboxylic acids is 1. The molecule has 2 aliphatic carbocycles. The van der Waals surface area contributed by atoms with Gasteiger partial charge in [0, 0.05) is 23.1 Å².